The molecule has 1 aliphatic heterocycles. The Morgan fingerprint density at radius 3 is 2.83 bits per heavy atom. The van der Waals surface area contributed by atoms with Crippen LogP contribution < -0.4 is 5.32 Å². The molecule has 0 aromatic carbocycles. The van der Waals surface area contributed by atoms with Crippen LogP contribution in [0.4, 0.5) is 0 Å². The van der Waals surface area contributed by atoms with Gasteiger partial charge in [-0.15, -0.1) is 0 Å². The molecular weight excluding hydrogens is 226 g/mol. The van der Waals surface area contributed by atoms with Crippen molar-refractivity contribution in [3.05, 3.63) is 24.2 Å². The minimum atomic E-state index is 0.0893. The lowest BCUT2D eigenvalue weighted by Gasteiger charge is -2.41. The Hall–Kier alpha value is -0.800. The molecule has 0 saturated carbocycles. The molecule has 1 saturated heterocycles. The molecular formula is C15H25NO2. The van der Waals surface area contributed by atoms with Crippen molar-refractivity contribution in [1.29, 1.82) is 0 Å². The van der Waals surface area contributed by atoms with Gasteiger partial charge in [-0.25, -0.2) is 0 Å². The van der Waals surface area contributed by atoms with Crippen molar-refractivity contribution in [2.75, 3.05) is 6.61 Å². The number of nitrogens with one attached hydrogen (secondary N) is 1. The lowest BCUT2D eigenvalue weighted by atomic mass is 9.85. The maximum Gasteiger partial charge on any atom is 0.0950 e. The van der Waals surface area contributed by atoms with Crippen LogP contribution in [0, 0.1) is 0 Å². The van der Waals surface area contributed by atoms with Gasteiger partial charge in [0.2, 0.25) is 0 Å². The van der Waals surface area contributed by atoms with Crippen molar-refractivity contribution >= 4 is 0 Å². The zero-order valence-corrected chi connectivity index (χ0v) is 11.7. The lowest BCUT2D eigenvalue weighted by molar-refractivity contribution is -0.0939. The first-order valence-corrected chi connectivity index (χ1v) is 7.11. The Morgan fingerprint density at radius 1 is 1.44 bits per heavy atom. The van der Waals surface area contributed by atoms with E-state index >= 15 is 0 Å². The van der Waals surface area contributed by atoms with Gasteiger partial charge in [0.15, 0.2) is 0 Å². The van der Waals surface area contributed by atoms with E-state index < -0.39 is 0 Å². The number of rotatable bonds is 5. The van der Waals surface area contributed by atoms with Crippen LogP contribution in [0.1, 0.15) is 58.1 Å². The second-order valence-corrected chi connectivity index (χ2v) is 5.37. The van der Waals surface area contributed by atoms with Gasteiger partial charge >= 0.3 is 0 Å². The predicted molar refractivity (Wildman–Crippen MR) is 72.5 cm³/mol. The van der Waals surface area contributed by atoms with Gasteiger partial charge in [-0.2, -0.15) is 0 Å². The molecule has 0 amide bonds. The zero-order valence-electron chi connectivity index (χ0n) is 11.7. The van der Waals surface area contributed by atoms with Gasteiger partial charge in [0.05, 0.1) is 18.1 Å². The SMILES string of the molecule is CCC1(CC)CC(NC(C)c2ccoc2)CCO1. The summed E-state index contributed by atoms with van der Waals surface area (Å²) >= 11 is 0. The molecule has 0 aliphatic carbocycles. The summed E-state index contributed by atoms with van der Waals surface area (Å²) in [5, 5.41) is 3.70. The van der Waals surface area contributed by atoms with Gasteiger partial charge in [-0.1, -0.05) is 13.8 Å². The molecule has 102 valence electrons. The summed E-state index contributed by atoms with van der Waals surface area (Å²) in [5.41, 5.74) is 1.31. The van der Waals surface area contributed by atoms with Crippen LogP contribution in [-0.2, 0) is 4.74 Å². The van der Waals surface area contributed by atoms with Crippen molar-refractivity contribution in [1.82, 2.24) is 5.32 Å². The summed E-state index contributed by atoms with van der Waals surface area (Å²) in [6, 6.07) is 2.92. The summed E-state index contributed by atoms with van der Waals surface area (Å²) in [6.45, 7) is 7.52. The molecule has 1 aromatic rings. The fraction of sp³-hybridized carbons (Fsp3) is 0.733. The number of ether oxygens (including phenoxy) is 1. The van der Waals surface area contributed by atoms with E-state index in [0.717, 1.165) is 32.3 Å². The second-order valence-electron chi connectivity index (χ2n) is 5.37. The molecule has 0 spiro atoms. The fourth-order valence-electron chi connectivity index (χ4n) is 2.88. The first-order chi connectivity index (χ1) is 8.69. The van der Waals surface area contributed by atoms with E-state index in [9.17, 15) is 0 Å². The normalized spacial score (nSPS) is 24.9. The molecule has 3 nitrogen and oxygen atoms in total. The highest BCUT2D eigenvalue weighted by molar-refractivity contribution is 5.10. The summed E-state index contributed by atoms with van der Waals surface area (Å²) in [6.07, 6.45) is 7.97. The van der Waals surface area contributed by atoms with E-state index in [2.05, 4.69) is 26.1 Å². The van der Waals surface area contributed by atoms with E-state index in [0.29, 0.717) is 12.1 Å². The summed E-state index contributed by atoms with van der Waals surface area (Å²) in [4.78, 5) is 0. The molecule has 0 radical (unpaired) electrons. The fourth-order valence-corrected chi connectivity index (χ4v) is 2.88. The molecule has 1 aromatic heterocycles. The molecule has 1 fully saturated rings. The molecule has 3 heteroatoms. The average molecular weight is 251 g/mol. The number of furan rings is 1. The molecule has 2 rings (SSSR count). The number of hydrogen-bond donors (Lipinski definition) is 1. The highest BCUT2D eigenvalue weighted by Gasteiger charge is 2.34. The van der Waals surface area contributed by atoms with Gasteiger partial charge in [0, 0.05) is 24.3 Å². The van der Waals surface area contributed by atoms with E-state index in [1.54, 1.807) is 6.26 Å². The molecule has 2 heterocycles. The maximum atomic E-state index is 6.01. The van der Waals surface area contributed by atoms with Gasteiger partial charge in [-0.3, -0.25) is 0 Å². The summed E-state index contributed by atoms with van der Waals surface area (Å²) < 4.78 is 11.2. The lowest BCUT2D eigenvalue weighted by Crippen LogP contribution is -2.47. The van der Waals surface area contributed by atoms with Crippen LogP contribution in [0.3, 0.4) is 0 Å². The highest BCUT2D eigenvalue weighted by atomic mass is 16.5. The standard InChI is InChI=1S/C15H25NO2/c1-4-15(5-2)10-14(7-9-18-15)16-12(3)13-6-8-17-11-13/h6,8,11-12,14,16H,4-5,7,9-10H2,1-3H3. The highest BCUT2D eigenvalue weighted by Crippen LogP contribution is 2.32. The van der Waals surface area contributed by atoms with Crippen LogP contribution in [0.15, 0.2) is 23.0 Å². The van der Waals surface area contributed by atoms with E-state index in [4.69, 9.17) is 9.15 Å². The van der Waals surface area contributed by atoms with Crippen LogP contribution >= 0.6 is 0 Å². The van der Waals surface area contributed by atoms with E-state index in [-0.39, 0.29) is 5.60 Å². The minimum Gasteiger partial charge on any atom is -0.472 e. The summed E-state index contributed by atoms with van der Waals surface area (Å²) in [7, 11) is 0. The molecule has 0 bridgehead atoms. The Balaban J connectivity index is 1.93. The smallest absolute Gasteiger partial charge is 0.0950 e. The van der Waals surface area contributed by atoms with Gasteiger partial charge in [0.25, 0.3) is 0 Å². The van der Waals surface area contributed by atoms with Crippen molar-refractivity contribution in [3.63, 3.8) is 0 Å². The van der Waals surface area contributed by atoms with E-state index in [1.165, 1.54) is 5.56 Å². The maximum absolute atomic E-state index is 6.01. The largest absolute Gasteiger partial charge is 0.472 e. The van der Waals surface area contributed by atoms with E-state index in [1.807, 2.05) is 12.3 Å². The Kier molecular flexibility index (Phi) is 4.46. The third-order valence-corrected chi connectivity index (χ3v) is 4.31. The Labute approximate surface area is 110 Å². The first-order valence-electron chi connectivity index (χ1n) is 7.11. The zero-order chi connectivity index (χ0) is 13.0. The van der Waals surface area contributed by atoms with Crippen LogP contribution in [0.2, 0.25) is 0 Å². The van der Waals surface area contributed by atoms with Crippen LogP contribution in [-0.4, -0.2) is 18.2 Å². The first kappa shape index (κ1) is 13.6. The third kappa shape index (κ3) is 2.96. The minimum absolute atomic E-state index is 0.0893. The number of hydrogen-bond acceptors (Lipinski definition) is 3. The third-order valence-electron chi connectivity index (χ3n) is 4.31. The summed E-state index contributed by atoms with van der Waals surface area (Å²) in [5.74, 6) is 0. The van der Waals surface area contributed by atoms with Crippen molar-refractivity contribution in [3.8, 4) is 0 Å². The second kappa shape index (κ2) is 5.89. The van der Waals surface area contributed by atoms with Crippen LogP contribution in [0.5, 0.6) is 0 Å². The Morgan fingerprint density at radius 2 is 2.22 bits per heavy atom. The molecule has 1 aliphatic rings. The molecule has 2 atom stereocenters. The predicted octanol–water partition coefficient (Wildman–Crippen LogP) is 3.67. The topological polar surface area (TPSA) is 34.4 Å². The monoisotopic (exact) mass is 251 g/mol. The van der Waals surface area contributed by atoms with Crippen molar-refractivity contribution in [2.24, 2.45) is 0 Å². The van der Waals surface area contributed by atoms with Crippen molar-refractivity contribution in [2.45, 2.75) is 64.1 Å². The van der Waals surface area contributed by atoms with Gasteiger partial charge in [0.1, 0.15) is 0 Å². The average Bonchev–Trinajstić information content (AvgIpc) is 2.93. The molecule has 2 unspecified atom stereocenters. The van der Waals surface area contributed by atoms with Gasteiger partial charge < -0.3 is 14.5 Å². The Bertz CT molecular complexity index is 343. The van der Waals surface area contributed by atoms with Gasteiger partial charge in [-0.05, 0) is 38.7 Å². The molecule has 18 heavy (non-hydrogen) atoms. The van der Waals surface area contributed by atoms with Crippen LogP contribution in [0.25, 0.3) is 0 Å². The molecule has 1 N–H and O–H groups in total. The quantitative estimate of drug-likeness (QED) is 0.867. The van der Waals surface area contributed by atoms with Crippen molar-refractivity contribution < 1.29 is 9.15 Å².